The van der Waals surface area contributed by atoms with Gasteiger partial charge >= 0.3 is 0 Å². The maximum absolute atomic E-state index is 9.39. The van der Waals surface area contributed by atoms with Crippen LogP contribution in [0.3, 0.4) is 0 Å². The highest BCUT2D eigenvalue weighted by Gasteiger charge is 2.03. The molecule has 0 unspecified atom stereocenters. The minimum Gasteiger partial charge on any atom is -0.508 e. The van der Waals surface area contributed by atoms with Crippen molar-refractivity contribution in [2.45, 2.75) is 6.42 Å². The predicted molar refractivity (Wildman–Crippen MR) is 52.7 cm³/mol. The van der Waals surface area contributed by atoms with Gasteiger partial charge in [-0.15, -0.1) is 0 Å². The van der Waals surface area contributed by atoms with Crippen LogP contribution in [0.5, 0.6) is 5.75 Å². The van der Waals surface area contributed by atoms with Crippen LogP contribution in [0.15, 0.2) is 30.5 Å². The number of benzene rings is 1. The van der Waals surface area contributed by atoms with Gasteiger partial charge < -0.3 is 5.11 Å². The van der Waals surface area contributed by atoms with E-state index in [4.69, 9.17) is 5.26 Å². The summed E-state index contributed by atoms with van der Waals surface area (Å²) in [6.07, 6.45) is 1.95. The van der Waals surface area contributed by atoms with E-state index in [-0.39, 0.29) is 12.2 Å². The molecule has 0 fully saturated rings. The maximum Gasteiger partial charge on any atom is 0.118 e. The van der Waals surface area contributed by atoms with E-state index in [0.717, 1.165) is 16.5 Å². The first-order chi connectivity index (χ1) is 6.81. The summed E-state index contributed by atoms with van der Waals surface area (Å²) in [7, 11) is 0. The molecule has 0 atom stereocenters. The lowest BCUT2D eigenvalue weighted by Crippen LogP contribution is -1.86. The topological polar surface area (TPSA) is 56.9 Å². The summed E-state index contributed by atoms with van der Waals surface area (Å²) >= 11 is 0. The van der Waals surface area contributed by atoms with Crippen molar-refractivity contribution in [3.05, 3.63) is 36.0 Å². The summed E-state index contributed by atoms with van der Waals surface area (Å²) in [6.45, 7) is 0. The SMILES string of the molecule is N#CCc1cc(O)cc2ncccc12. The van der Waals surface area contributed by atoms with Crippen molar-refractivity contribution in [3.8, 4) is 11.8 Å². The largest absolute Gasteiger partial charge is 0.508 e. The van der Waals surface area contributed by atoms with Crippen LogP contribution in [-0.2, 0) is 6.42 Å². The Morgan fingerprint density at radius 1 is 1.43 bits per heavy atom. The summed E-state index contributed by atoms with van der Waals surface area (Å²) in [5.74, 6) is 0.154. The van der Waals surface area contributed by atoms with Crippen molar-refractivity contribution in [2.75, 3.05) is 0 Å². The third-order valence-electron chi connectivity index (χ3n) is 2.06. The Morgan fingerprint density at radius 3 is 3.07 bits per heavy atom. The highest BCUT2D eigenvalue weighted by Crippen LogP contribution is 2.23. The average molecular weight is 184 g/mol. The zero-order valence-corrected chi connectivity index (χ0v) is 7.44. The number of aromatic nitrogens is 1. The Morgan fingerprint density at radius 2 is 2.29 bits per heavy atom. The summed E-state index contributed by atoms with van der Waals surface area (Å²) < 4.78 is 0. The van der Waals surface area contributed by atoms with Crippen LogP contribution in [0, 0.1) is 11.3 Å². The van der Waals surface area contributed by atoms with Crippen LogP contribution in [0.1, 0.15) is 5.56 Å². The van der Waals surface area contributed by atoms with Crippen molar-refractivity contribution in [1.82, 2.24) is 4.98 Å². The van der Waals surface area contributed by atoms with E-state index in [0.29, 0.717) is 0 Å². The molecule has 68 valence electrons. The summed E-state index contributed by atoms with van der Waals surface area (Å²) in [6, 6.07) is 8.98. The van der Waals surface area contributed by atoms with Crippen LogP contribution in [0.2, 0.25) is 0 Å². The molecule has 0 bridgehead atoms. The molecule has 0 aliphatic carbocycles. The van der Waals surface area contributed by atoms with Crippen LogP contribution in [0.25, 0.3) is 10.9 Å². The second kappa shape index (κ2) is 3.35. The van der Waals surface area contributed by atoms with E-state index in [2.05, 4.69) is 11.1 Å². The molecule has 2 rings (SSSR count). The monoisotopic (exact) mass is 184 g/mol. The van der Waals surface area contributed by atoms with Gasteiger partial charge in [-0.25, -0.2) is 0 Å². The molecule has 0 aliphatic rings. The van der Waals surface area contributed by atoms with Gasteiger partial charge in [0.15, 0.2) is 0 Å². The number of nitrogens with zero attached hydrogens (tertiary/aromatic N) is 2. The molecule has 3 heteroatoms. The molecule has 0 amide bonds. The van der Waals surface area contributed by atoms with Crippen molar-refractivity contribution >= 4 is 10.9 Å². The molecule has 14 heavy (non-hydrogen) atoms. The number of rotatable bonds is 1. The minimum absolute atomic E-state index is 0.154. The number of aromatic hydroxyl groups is 1. The molecule has 1 aromatic heterocycles. The first-order valence-electron chi connectivity index (χ1n) is 4.25. The fourth-order valence-corrected chi connectivity index (χ4v) is 1.47. The number of pyridine rings is 1. The molecule has 0 spiro atoms. The van der Waals surface area contributed by atoms with Gasteiger partial charge in [0.1, 0.15) is 5.75 Å². The molecule has 2 aromatic rings. The van der Waals surface area contributed by atoms with Crippen LogP contribution in [-0.4, -0.2) is 10.1 Å². The highest BCUT2D eigenvalue weighted by molar-refractivity contribution is 5.83. The average Bonchev–Trinajstić information content (AvgIpc) is 2.18. The summed E-state index contributed by atoms with van der Waals surface area (Å²) in [5, 5.41) is 18.9. The fourth-order valence-electron chi connectivity index (χ4n) is 1.47. The first kappa shape index (κ1) is 8.52. The Bertz CT molecular complexity index is 514. The summed E-state index contributed by atoms with van der Waals surface area (Å²) in [5.41, 5.74) is 1.54. The van der Waals surface area contributed by atoms with Gasteiger partial charge in [-0.3, -0.25) is 4.98 Å². The van der Waals surface area contributed by atoms with Gasteiger partial charge in [0.25, 0.3) is 0 Å². The van der Waals surface area contributed by atoms with Crippen molar-refractivity contribution < 1.29 is 5.11 Å². The number of fused-ring (bicyclic) bond motifs is 1. The van der Waals surface area contributed by atoms with Crippen molar-refractivity contribution in [3.63, 3.8) is 0 Å². The van der Waals surface area contributed by atoms with E-state index in [1.807, 2.05) is 12.1 Å². The van der Waals surface area contributed by atoms with Crippen LogP contribution in [0.4, 0.5) is 0 Å². The molecule has 0 saturated heterocycles. The molecule has 0 saturated carbocycles. The molecule has 3 nitrogen and oxygen atoms in total. The van der Waals surface area contributed by atoms with Crippen molar-refractivity contribution in [2.24, 2.45) is 0 Å². The standard InChI is InChI=1S/C11H8N2O/c12-4-3-8-6-9(14)7-11-10(8)2-1-5-13-11/h1-2,5-7,14H,3H2. The second-order valence-corrected chi connectivity index (χ2v) is 3.01. The lowest BCUT2D eigenvalue weighted by Gasteiger charge is -2.02. The number of hydrogen-bond donors (Lipinski definition) is 1. The molecule has 0 aliphatic heterocycles. The number of phenolic OH excluding ortho intramolecular Hbond substituents is 1. The van der Waals surface area contributed by atoms with Crippen LogP contribution >= 0.6 is 0 Å². The number of nitriles is 1. The molecule has 1 heterocycles. The number of phenols is 1. The third-order valence-corrected chi connectivity index (χ3v) is 2.06. The van der Waals surface area contributed by atoms with Gasteiger partial charge in [0.2, 0.25) is 0 Å². The normalized spacial score (nSPS) is 9.93. The van der Waals surface area contributed by atoms with E-state index in [9.17, 15) is 5.11 Å². The van der Waals surface area contributed by atoms with Gasteiger partial charge in [0.05, 0.1) is 18.0 Å². The van der Waals surface area contributed by atoms with Gasteiger partial charge in [0, 0.05) is 17.6 Å². The highest BCUT2D eigenvalue weighted by atomic mass is 16.3. The number of hydrogen-bond acceptors (Lipinski definition) is 3. The lowest BCUT2D eigenvalue weighted by atomic mass is 10.1. The van der Waals surface area contributed by atoms with E-state index >= 15 is 0 Å². The maximum atomic E-state index is 9.39. The molecule has 1 aromatic carbocycles. The second-order valence-electron chi connectivity index (χ2n) is 3.01. The molecular formula is C11H8N2O. The Balaban J connectivity index is 2.74. The summed E-state index contributed by atoms with van der Waals surface area (Å²) in [4.78, 5) is 4.12. The molecule has 1 N–H and O–H groups in total. The van der Waals surface area contributed by atoms with Crippen molar-refractivity contribution in [1.29, 1.82) is 5.26 Å². The first-order valence-corrected chi connectivity index (χ1v) is 4.25. The lowest BCUT2D eigenvalue weighted by molar-refractivity contribution is 0.475. The zero-order valence-electron chi connectivity index (χ0n) is 7.44. The molecule has 0 radical (unpaired) electrons. The van der Waals surface area contributed by atoms with Gasteiger partial charge in [-0.05, 0) is 17.7 Å². The quantitative estimate of drug-likeness (QED) is 0.737. The Kier molecular flexibility index (Phi) is 2.04. The predicted octanol–water partition coefficient (Wildman–Crippen LogP) is 2.01. The minimum atomic E-state index is 0.154. The smallest absolute Gasteiger partial charge is 0.118 e. The fraction of sp³-hybridized carbons (Fsp3) is 0.0909. The van der Waals surface area contributed by atoms with E-state index in [1.165, 1.54) is 0 Å². The van der Waals surface area contributed by atoms with E-state index in [1.54, 1.807) is 18.3 Å². The third kappa shape index (κ3) is 1.38. The Labute approximate surface area is 81.2 Å². The van der Waals surface area contributed by atoms with E-state index < -0.39 is 0 Å². The van der Waals surface area contributed by atoms with Gasteiger partial charge in [-0.1, -0.05) is 6.07 Å². The Hall–Kier alpha value is -2.08. The van der Waals surface area contributed by atoms with Gasteiger partial charge in [-0.2, -0.15) is 5.26 Å². The molecular weight excluding hydrogens is 176 g/mol. The van der Waals surface area contributed by atoms with Crippen LogP contribution < -0.4 is 0 Å². The zero-order chi connectivity index (χ0) is 9.97.